The largest absolute Gasteiger partial charge is 0.483 e. The van der Waals surface area contributed by atoms with Gasteiger partial charge in [-0.2, -0.15) is 0 Å². The number of nitrogens with one attached hydrogen (secondary N) is 1. The van der Waals surface area contributed by atoms with Crippen molar-refractivity contribution in [2.75, 3.05) is 11.1 Å². The lowest BCUT2D eigenvalue weighted by atomic mass is 10.1. The summed E-state index contributed by atoms with van der Waals surface area (Å²) < 4.78 is 0. The van der Waals surface area contributed by atoms with E-state index in [-0.39, 0.29) is 18.7 Å². The van der Waals surface area contributed by atoms with Crippen molar-refractivity contribution in [3.05, 3.63) is 70.6 Å². The van der Waals surface area contributed by atoms with Crippen LogP contribution in [0.4, 0.5) is 16.6 Å². The van der Waals surface area contributed by atoms with Crippen LogP contribution >= 0.6 is 11.3 Å². The van der Waals surface area contributed by atoms with Crippen molar-refractivity contribution in [3.8, 4) is 0 Å². The van der Waals surface area contributed by atoms with Gasteiger partial charge in [0.1, 0.15) is 5.82 Å². The van der Waals surface area contributed by atoms with Gasteiger partial charge in [-0.25, -0.2) is 4.98 Å². The smallest absolute Gasteiger partial charge is 0.290 e. The number of rotatable bonds is 5. The molecule has 134 valence electrons. The lowest BCUT2D eigenvalue weighted by Gasteiger charge is -2.02. The number of carbonyl (C=O) groups excluding carboxylic acids is 1. The highest BCUT2D eigenvalue weighted by Crippen LogP contribution is 2.28. The first kappa shape index (κ1) is 19.1. The summed E-state index contributed by atoms with van der Waals surface area (Å²) in [5, 5.41) is 10.8. The zero-order chi connectivity index (χ0) is 18.9. The van der Waals surface area contributed by atoms with Crippen molar-refractivity contribution >= 4 is 40.2 Å². The number of carbonyl (C=O) groups is 2. The van der Waals surface area contributed by atoms with Gasteiger partial charge in [0.05, 0.1) is 4.88 Å². The van der Waals surface area contributed by atoms with Crippen molar-refractivity contribution in [2.45, 2.75) is 13.3 Å². The highest BCUT2D eigenvalue weighted by Gasteiger charge is 2.14. The molecule has 1 aromatic heterocycles. The molecular weight excluding hydrogens is 350 g/mol. The van der Waals surface area contributed by atoms with Crippen molar-refractivity contribution in [2.24, 2.45) is 0 Å². The summed E-state index contributed by atoms with van der Waals surface area (Å²) in [4.78, 5) is 25.7. The Morgan fingerprint density at radius 2 is 1.81 bits per heavy atom. The Balaban J connectivity index is 0.000000758. The van der Waals surface area contributed by atoms with Gasteiger partial charge in [0.25, 0.3) is 6.47 Å². The lowest BCUT2D eigenvalue weighted by molar-refractivity contribution is -0.122. The molecule has 2 aromatic carbocycles. The summed E-state index contributed by atoms with van der Waals surface area (Å²) in [6.07, 6.45) is 0.267. The van der Waals surface area contributed by atoms with Crippen LogP contribution in [0.1, 0.15) is 20.8 Å². The SMILES string of the molecule is Cc1ccc(Nc2nc(N)c(CC(=O)c3ccccc3)s2)cc1.O=CO. The van der Waals surface area contributed by atoms with Gasteiger partial charge in [0, 0.05) is 17.7 Å². The van der Waals surface area contributed by atoms with Crippen LogP contribution < -0.4 is 11.1 Å². The van der Waals surface area contributed by atoms with E-state index in [1.165, 1.54) is 16.9 Å². The van der Waals surface area contributed by atoms with Crippen LogP contribution in [0, 0.1) is 6.92 Å². The second kappa shape index (κ2) is 9.33. The van der Waals surface area contributed by atoms with Gasteiger partial charge >= 0.3 is 0 Å². The van der Waals surface area contributed by atoms with Crippen LogP contribution in [0.15, 0.2) is 54.6 Å². The Morgan fingerprint density at radius 3 is 2.42 bits per heavy atom. The number of hydrogen-bond donors (Lipinski definition) is 3. The van der Waals surface area contributed by atoms with Gasteiger partial charge in [0.15, 0.2) is 10.9 Å². The van der Waals surface area contributed by atoms with Crippen molar-refractivity contribution in [3.63, 3.8) is 0 Å². The van der Waals surface area contributed by atoms with Crippen LogP contribution in [-0.2, 0) is 11.2 Å². The molecule has 26 heavy (non-hydrogen) atoms. The van der Waals surface area contributed by atoms with Gasteiger partial charge in [0.2, 0.25) is 0 Å². The van der Waals surface area contributed by atoms with Gasteiger partial charge < -0.3 is 16.2 Å². The fourth-order valence-corrected chi connectivity index (χ4v) is 3.08. The first-order chi connectivity index (χ1) is 12.5. The van der Waals surface area contributed by atoms with Crippen molar-refractivity contribution in [1.82, 2.24) is 4.98 Å². The highest BCUT2D eigenvalue weighted by atomic mass is 32.1. The van der Waals surface area contributed by atoms with E-state index >= 15 is 0 Å². The predicted molar refractivity (Wildman–Crippen MR) is 104 cm³/mol. The number of benzene rings is 2. The third-order valence-electron chi connectivity index (χ3n) is 3.45. The summed E-state index contributed by atoms with van der Waals surface area (Å²) >= 11 is 1.41. The Morgan fingerprint density at radius 1 is 1.19 bits per heavy atom. The van der Waals surface area contributed by atoms with Crippen LogP contribution in [0.25, 0.3) is 0 Å². The normalized spacial score (nSPS) is 9.73. The Kier molecular flexibility index (Phi) is 6.87. The average molecular weight is 369 g/mol. The summed E-state index contributed by atoms with van der Waals surface area (Å²) in [5.41, 5.74) is 8.79. The molecule has 7 heteroatoms. The second-order valence-corrected chi connectivity index (χ2v) is 6.47. The molecule has 0 aliphatic carbocycles. The standard InChI is InChI=1S/C18H17N3OS.CH2O2/c1-12-7-9-14(10-8-12)20-18-21-17(19)16(23-18)11-15(22)13-5-3-2-4-6-13;2-1-3/h2-10H,11,19H2,1H3,(H,20,21);1H,(H,2,3). The molecular formula is C19H19N3O3S. The fraction of sp³-hybridized carbons (Fsp3) is 0.105. The van der Waals surface area contributed by atoms with E-state index in [1.54, 1.807) is 0 Å². The summed E-state index contributed by atoms with van der Waals surface area (Å²) in [7, 11) is 0. The maximum atomic E-state index is 12.3. The predicted octanol–water partition coefficient (Wildman–Crippen LogP) is 3.90. The number of Topliss-reactive ketones (excluding diaryl/α,β-unsaturated/α-hetero) is 1. The van der Waals surface area contributed by atoms with E-state index in [1.807, 2.05) is 61.5 Å². The molecule has 0 spiro atoms. The Bertz CT molecular complexity index is 861. The summed E-state index contributed by atoms with van der Waals surface area (Å²) in [6.45, 7) is 1.79. The molecule has 3 rings (SSSR count). The highest BCUT2D eigenvalue weighted by molar-refractivity contribution is 7.16. The van der Waals surface area contributed by atoms with Crippen LogP contribution in [0.3, 0.4) is 0 Å². The van der Waals surface area contributed by atoms with E-state index in [2.05, 4.69) is 10.3 Å². The maximum absolute atomic E-state index is 12.3. The Labute approximate surface area is 155 Å². The number of ketones is 1. The lowest BCUT2D eigenvalue weighted by Crippen LogP contribution is -2.03. The minimum absolute atomic E-state index is 0.0443. The van der Waals surface area contributed by atoms with Gasteiger partial charge in [-0.15, -0.1) is 0 Å². The first-order valence-electron chi connectivity index (χ1n) is 7.78. The molecule has 1 heterocycles. The minimum Gasteiger partial charge on any atom is -0.483 e. The van der Waals surface area contributed by atoms with Crippen molar-refractivity contribution in [1.29, 1.82) is 0 Å². The number of aromatic nitrogens is 1. The molecule has 0 aliphatic rings. The molecule has 0 amide bonds. The zero-order valence-electron chi connectivity index (χ0n) is 14.2. The summed E-state index contributed by atoms with van der Waals surface area (Å²) in [5.74, 6) is 0.455. The van der Waals surface area contributed by atoms with E-state index < -0.39 is 0 Å². The number of nitrogen functional groups attached to an aromatic ring is 1. The van der Waals surface area contributed by atoms with Crippen molar-refractivity contribution < 1.29 is 14.7 Å². The minimum atomic E-state index is -0.250. The number of hydrogen-bond acceptors (Lipinski definition) is 6. The number of aryl methyl sites for hydroxylation is 1. The molecule has 3 aromatic rings. The molecule has 0 fully saturated rings. The van der Waals surface area contributed by atoms with Gasteiger partial charge in [-0.05, 0) is 19.1 Å². The van der Waals surface area contributed by atoms with E-state index in [0.717, 1.165) is 10.6 Å². The number of nitrogens with two attached hydrogens (primary N) is 1. The molecule has 0 saturated heterocycles. The van der Waals surface area contributed by atoms with Gasteiger partial charge in [-0.3, -0.25) is 9.59 Å². The number of carboxylic acid groups (broad SMARTS) is 1. The monoisotopic (exact) mass is 369 g/mol. The molecule has 4 N–H and O–H groups in total. The zero-order valence-corrected chi connectivity index (χ0v) is 15.0. The Hall–Kier alpha value is -3.19. The quantitative estimate of drug-likeness (QED) is 0.465. The molecule has 6 nitrogen and oxygen atoms in total. The first-order valence-corrected chi connectivity index (χ1v) is 8.60. The van der Waals surface area contributed by atoms with E-state index in [4.69, 9.17) is 15.6 Å². The molecule has 0 saturated carbocycles. The topological polar surface area (TPSA) is 105 Å². The fourth-order valence-electron chi connectivity index (χ4n) is 2.18. The van der Waals surface area contributed by atoms with Crippen LogP contribution in [-0.4, -0.2) is 22.3 Å². The molecule has 0 atom stereocenters. The third-order valence-corrected chi connectivity index (χ3v) is 4.43. The molecule has 0 bridgehead atoms. The van der Waals surface area contributed by atoms with Gasteiger partial charge in [-0.1, -0.05) is 59.4 Å². The van der Waals surface area contributed by atoms with E-state index in [9.17, 15) is 4.79 Å². The van der Waals surface area contributed by atoms with Crippen LogP contribution in [0.2, 0.25) is 0 Å². The number of nitrogens with zero attached hydrogens (tertiary/aromatic N) is 1. The maximum Gasteiger partial charge on any atom is 0.290 e. The molecule has 0 aliphatic heterocycles. The average Bonchev–Trinajstić information content (AvgIpc) is 2.97. The second-order valence-electron chi connectivity index (χ2n) is 5.39. The van der Waals surface area contributed by atoms with E-state index in [0.29, 0.717) is 16.5 Å². The third kappa shape index (κ3) is 5.42. The molecule has 0 unspecified atom stereocenters. The number of thiazole rings is 1. The number of anilines is 3. The van der Waals surface area contributed by atoms with Crippen LogP contribution in [0.5, 0.6) is 0 Å². The summed E-state index contributed by atoms with van der Waals surface area (Å²) in [6, 6.07) is 17.3. The molecule has 0 radical (unpaired) electrons.